The van der Waals surface area contributed by atoms with Crippen molar-refractivity contribution < 1.29 is 8.83 Å². The molecule has 132 valence electrons. The van der Waals surface area contributed by atoms with Crippen LogP contribution in [0.4, 0.5) is 0 Å². The largest absolute Gasteiger partial charge is 0.451 e. The third-order valence-electron chi connectivity index (χ3n) is 4.22. The number of hydrogen-bond acceptors (Lipinski definition) is 7. The molecule has 0 N–H and O–H groups in total. The first kappa shape index (κ1) is 16.0. The van der Waals surface area contributed by atoms with E-state index in [9.17, 15) is 0 Å². The minimum atomic E-state index is -0.0822. The number of thioether (sulfide) groups is 1. The fourth-order valence-electron chi connectivity index (χ4n) is 2.90. The SMILES string of the molecule is C[C@H](Sc1ncnc2c1oc1ccccc12)c1nnc(-c2ccccc2)o1. The fraction of sp³-hybridized carbons (Fsp3) is 0.100. The number of fused-ring (bicyclic) bond motifs is 3. The van der Waals surface area contributed by atoms with Crippen LogP contribution in [0.3, 0.4) is 0 Å². The first-order chi connectivity index (χ1) is 13.3. The lowest BCUT2D eigenvalue weighted by Crippen LogP contribution is -1.91. The van der Waals surface area contributed by atoms with Gasteiger partial charge in [0.1, 0.15) is 22.5 Å². The van der Waals surface area contributed by atoms with Gasteiger partial charge in [-0.3, -0.25) is 0 Å². The maximum Gasteiger partial charge on any atom is 0.247 e. The summed E-state index contributed by atoms with van der Waals surface area (Å²) in [6.45, 7) is 2.00. The first-order valence-corrected chi connectivity index (χ1v) is 9.35. The van der Waals surface area contributed by atoms with E-state index in [1.54, 1.807) is 6.33 Å². The molecule has 5 aromatic rings. The lowest BCUT2D eigenvalue weighted by Gasteiger charge is -2.05. The second-order valence-electron chi connectivity index (χ2n) is 6.03. The molecule has 27 heavy (non-hydrogen) atoms. The van der Waals surface area contributed by atoms with E-state index in [0.29, 0.717) is 17.4 Å². The van der Waals surface area contributed by atoms with Crippen molar-refractivity contribution in [2.24, 2.45) is 0 Å². The van der Waals surface area contributed by atoms with E-state index in [0.717, 1.165) is 27.1 Å². The number of benzene rings is 2. The molecule has 3 aromatic heterocycles. The minimum Gasteiger partial charge on any atom is -0.451 e. The monoisotopic (exact) mass is 374 g/mol. The summed E-state index contributed by atoms with van der Waals surface area (Å²) in [4.78, 5) is 8.79. The molecule has 0 aliphatic heterocycles. The highest BCUT2D eigenvalue weighted by atomic mass is 32.2. The molecule has 0 amide bonds. The van der Waals surface area contributed by atoms with E-state index < -0.39 is 0 Å². The van der Waals surface area contributed by atoms with Crippen molar-refractivity contribution in [1.29, 1.82) is 0 Å². The van der Waals surface area contributed by atoms with Gasteiger partial charge < -0.3 is 8.83 Å². The molecule has 2 aromatic carbocycles. The average Bonchev–Trinajstić information content (AvgIpc) is 3.35. The molecular formula is C20H14N4O2S. The van der Waals surface area contributed by atoms with Gasteiger partial charge in [-0.05, 0) is 31.2 Å². The van der Waals surface area contributed by atoms with Gasteiger partial charge in [0.2, 0.25) is 11.8 Å². The van der Waals surface area contributed by atoms with Crippen LogP contribution in [0.25, 0.3) is 33.5 Å². The molecule has 0 saturated heterocycles. The van der Waals surface area contributed by atoms with Crippen LogP contribution in [0, 0.1) is 0 Å². The van der Waals surface area contributed by atoms with Crippen LogP contribution in [0.2, 0.25) is 0 Å². The van der Waals surface area contributed by atoms with E-state index in [2.05, 4.69) is 20.2 Å². The third-order valence-corrected chi connectivity index (χ3v) is 5.29. The van der Waals surface area contributed by atoms with E-state index >= 15 is 0 Å². The Morgan fingerprint density at radius 1 is 0.889 bits per heavy atom. The van der Waals surface area contributed by atoms with E-state index in [1.165, 1.54) is 11.8 Å². The Balaban J connectivity index is 1.48. The summed E-state index contributed by atoms with van der Waals surface area (Å²) in [5, 5.41) is 10.0. The van der Waals surface area contributed by atoms with Crippen molar-refractivity contribution in [2.45, 2.75) is 17.2 Å². The molecule has 0 bridgehead atoms. The van der Waals surface area contributed by atoms with Crippen LogP contribution in [0.5, 0.6) is 0 Å². The number of rotatable bonds is 4. The number of hydrogen-bond donors (Lipinski definition) is 0. The van der Waals surface area contributed by atoms with E-state index in [4.69, 9.17) is 8.83 Å². The van der Waals surface area contributed by atoms with E-state index in [-0.39, 0.29) is 5.25 Å². The van der Waals surface area contributed by atoms with Gasteiger partial charge in [-0.1, -0.05) is 42.1 Å². The molecule has 1 atom stereocenters. The predicted octanol–water partition coefficient (Wildman–Crippen LogP) is 5.28. The molecule has 0 aliphatic rings. The highest BCUT2D eigenvalue weighted by Gasteiger charge is 2.20. The summed E-state index contributed by atoms with van der Waals surface area (Å²) in [6.07, 6.45) is 1.56. The summed E-state index contributed by atoms with van der Waals surface area (Å²) < 4.78 is 11.8. The van der Waals surface area contributed by atoms with Crippen molar-refractivity contribution in [3.05, 3.63) is 66.8 Å². The fourth-order valence-corrected chi connectivity index (χ4v) is 3.79. The maximum atomic E-state index is 5.98. The lowest BCUT2D eigenvalue weighted by atomic mass is 10.2. The predicted molar refractivity (Wildman–Crippen MR) is 103 cm³/mol. The first-order valence-electron chi connectivity index (χ1n) is 8.47. The molecule has 0 spiro atoms. The van der Waals surface area contributed by atoms with Gasteiger partial charge in [0, 0.05) is 10.9 Å². The highest BCUT2D eigenvalue weighted by Crippen LogP contribution is 2.39. The number of nitrogens with zero attached hydrogens (tertiary/aromatic N) is 4. The molecule has 0 radical (unpaired) electrons. The molecule has 0 unspecified atom stereocenters. The zero-order valence-corrected chi connectivity index (χ0v) is 15.2. The Bertz CT molecular complexity index is 1230. The van der Waals surface area contributed by atoms with Gasteiger partial charge in [0.15, 0.2) is 5.58 Å². The Hall–Kier alpha value is -3.19. The molecule has 3 heterocycles. The molecule has 0 aliphatic carbocycles. The van der Waals surface area contributed by atoms with Crippen molar-refractivity contribution in [2.75, 3.05) is 0 Å². The Labute approximate surface area is 158 Å². The van der Waals surface area contributed by atoms with Crippen LogP contribution in [0.1, 0.15) is 18.1 Å². The summed E-state index contributed by atoms with van der Waals surface area (Å²) >= 11 is 1.51. The number of para-hydroxylation sites is 1. The average molecular weight is 374 g/mol. The van der Waals surface area contributed by atoms with Gasteiger partial charge in [-0.25, -0.2) is 9.97 Å². The zero-order chi connectivity index (χ0) is 18.2. The topological polar surface area (TPSA) is 77.8 Å². The van der Waals surface area contributed by atoms with Crippen molar-refractivity contribution >= 4 is 33.8 Å². The standard InChI is InChI=1S/C20H14N4O2S/c1-12(18-23-24-19(26-18)13-7-3-2-4-8-13)27-20-17-16(21-11-22-20)14-9-5-6-10-15(14)25-17/h2-12H,1H3/t12-/m0/s1. The third kappa shape index (κ3) is 2.86. The van der Waals surface area contributed by atoms with Crippen molar-refractivity contribution in [1.82, 2.24) is 20.2 Å². The Kier molecular flexibility index (Phi) is 3.86. The molecule has 0 saturated carbocycles. The van der Waals surface area contributed by atoms with Crippen LogP contribution < -0.4 is 0 Å². The van der Waals surface area contributed by atoms with Crippen LogP contribution in [0.15, 0.2) is 74.8 Å². The van der Waals surface area contributed by atoms with Gasteiger partial charge >= 0.3 is 0 Å². The number of furan rings is 1. The second kappa shape index (κ2) is 6.51. The number of aromatic nitrogens is 4. The highest BCUT2D eigenvalue weighted by molar-refractivity contribution is 7.99. The van der Waals surface area contributed by atoms with Crippen LogP contribution in [-0.2, 0) is 0 Å². The summed E-state index contributed by atoms with van der Waals surface area (Å²) in [6, 6.07) is 17.6. The summed E-state index contributed by atoms with van der Waals surface area (Å²) in [5.41, 5.74) is 3.19. The lowest BCUT2D eigenvalue weighted by molar-refractivity contribution is 0.509. The molecule has 7 heteroatoms. The van der Waals surface area contributed by atoms with Crippen LogP contribution in [-0.4, -0.2) is 20.2 Å². The molecule has 0 fully saturated rings. The normalized spacial score (nSPS) is 12.6. The quantitative estimate of drug-likeness (QED) is 0.313. The zero-order valence-electron chi connectivity index (χ0n) is 14.4. The smallest absolute Gasteiger partial charge is 0.247 e. The van der Waals surface area contributed by atoms with Gasteiger partial charge in [-0.2, -0.15) is 0 Å². The Morgan fingerprint density at radius 2 is 1.70 bits per heavy atom. The van der Waals surface area contributed by atoms with Crippen molar-refractivity contribution in [3.63, 3.8) is 0 Å². The minimum absolute atomic E-state index is 0.0822. The summed E-state index contributed by atoms with van der Waals surface area (Å²) in [5.74, 6) is 1.05. The molecule has 5 rings (SSSR count). The van der Waals surface area contributed by atoms with E-state index in [1.807, 2.05) is 61.5 Å². The maximum absolute atomic E-state index is 5.98. The van der Waals surface area contributed by atoms with Gasteiger partial charge in [0.25, 0.3) is 0 Å². The molecular weight excluding hydrogens is 360 g/mol. The summed E-state index contributed by atoms with van der Waals surface area (Å²) in [7, 11) is 0. The van der Waals surface area contributed by atoms with Crippen molar-refractivity contribution in [3.8, 4) is 11.5 Å². The molecule has 6 nitrogen and oxygen atoms in total. The van der Waals surface area contributed by atoms with Gasteiger partial charge in [0.05, 0.1) is 5.25 Å². The van der Waals surface area contributed by atoms with Crippen LogP contribution >= 0.6 is 11.8 Å². The Morgan fingerprint density at radius 3 is 2.59 bits per heavy atom. The van der Waals surface area contributed by atoms with Gasteiger partial charge in [-0.15, -0.1) is 10.2 Å². The second-order valence-corrected chi connectivity index (χ2v) is 7.36.